The lowest BCUT2D eigenvalue weighted by Crippen LogP contribution is -2.29. The molecular formula is C24H26N8O. The van der Waals surface area contributed by atoms with Gasteiger partial charge in [0.25, 0.3) is 5.91 Å². The van der Waals surface area contributed by atoms with Gasteiger partial charge in [-0.05, 0) is 69.4 Å². The summed E-state index contributed by atoms with van der Waals surface area (Å²) >= 11 is 0. The first-order chi connectivity index (χ1) is 16.2. The number of nitrogens with zero attached hydrogens (tertiary/aromatic N) is 7. The summed E-state index contributed by atoms with van der Waals surface area (Å²) in [6, 6.07) is 7.88. The molecule has 1 N–H and O–H groups in total. The number of aromatic nitrogens is 6. The fourth-order valence-corrected chi connectivity index (χ4v) is 4.52. The minimum atomic E-state index is -0.269. The Balaban J connectivity index is 1.34. The van der Waals surface area contributed by atoms with Crippen LogP contribution in [0.15, 0.2) is 49.1 Å². The van der Waals surface area contributed by atoms with Gasteiger partial charge in [-0.25, -0.2) is 14.5 Å². The molecule has 0 atom stereocenters. The Labute approximate surface area is 191 Å². The van der Waals surface area contributed by atoms with Crippen molar-refractivity contribution < 1.29 is 4.79 Å². The van der Waals surface area contributed by atoms with Gasteiger partial charge in [0.2, 0.25) is 0 Å². The standard InChI is InChI=1S/C24H26N8O/c1-30-11-7-17(8-12-30)20-13-22(28-24(33)19-15-27-31-10-2-9-25-23(19)31)32(29-20)21-6-5-18(14-26-21)16-3-4-16/h2,5-6,9-10,13-17H,3-4,7-8,11-12H2,1H3,(H,28,33). The number of nitrogens with one attached hydrogen (secondary N) is 1. The highest BCUT2D eigenvalue weighted by Crippen LogP contribution is 2.39. The van der Waals surface area contributed by atoms with E-state index in [1.807, 2.05) is 18.3 Å². The second kappa shape index (κ2) is 8.08. The van der Waals surface area contributed by atoms with E-state index in [4.69, 9.17) is 5.10 Å². The quantitative estimate of drug-likeness (QED) is 0.510. The molecule has 0 spiro atoms. The van der Waals surface area contributed by atoms with E-state index in [1.54, 1.807) is 33.9 Å². The molecule has 9 nitrogen and oxygen atoms in total. The maximum absolute atomic E-state index is 13.2. The number of pyridine rings is 1. The van der Waals surface area contributed by atoms with E-state index in [9.17, 15) is 4.79 Å². The second-order valence-corrected chi connectivity index (χ2v) is 9.07. The summed E-state index contributed by atoms with van der Waals surface area (Å²) in [5, 5.41) is 12.2. The van der Waals surface area contributed by atoms with Gasteiger partial charge < -0.3 is 10.2 Å². The van der Waals surface area contributed by atoms with E-state index < -0.39 is 0 Å². The fraction of sp³-hybridized carbons (Fsp3) is 0.375. The first-order valence-electron chi connectivity index (χ1n) is 11.5. The average Bonchev–Trinajstić information content (AvgIpc) is 3.47. The van der Waals surface area contributed by atoms with Crippen molar-refractivity contribution in [2.24, 2.45) is 0 Å². The van der Waals surface area contributed by atoms with Crippen LogP contribution in [0.2, 0.25) is 0 Å². The highest BCUT2D eigenvalue weighted by molar-refractivity contribution is 6.07. The molecular weight excluding hydrogens is 416 g/mol. The van der Waals surface area contributed by atoms with Crippen LogP contribution in [-0.2, 0) is 0 Å². The van der Waals surface area contributed by atoms with Crippen LogP contribution in [0.1, 0.15) is 59.1 Å². The Hall–Kier alpha value is -3.59. The first-order valence-corrected chi connectivity index (χ1v) is 11.5. The number of rotatable bonds is 5. The molecule has 168 valence electrons. The molecule has 0 unspecified atom stereocenters. The fourth-order valence-electron chi connectivity index (χ4n) is 4.52. The zero-order chi connectivity index (χ0) is 22.4. The van der Waals surface area contributed by atoms with Crippen LogP contribution >= 0.6 is 0 Å². The van der Waals surface area contributed by atoms with Crippen molar-refractivity contribution in [1.82, 2.24) is 34.3 Å². The zero-order valence-electron chi connectivity index (χ0n) is 18.6. The molecule has 6 rings (SSSR count). The van der Waals surface area contributed by atoms with Crippen molar-refractivity contribution in [3.05, 3.63) is 65.9 Å². The molecule has 1 aliphatic heterocycles. The van der Waals surface area contributed by atoms with Gasteiger partial charge in [-0.2, -0.15) is 14.9 Å². The molecule has 1 saturated carbocycles. The summed E-state index contributed by atoms with van der Waals surface area (Å²) < 4.78 is 3.34. The molecule has 0 bridgehead atoms. The molecule has 0 aromatic carbocycles. The van der Waals surface area contributed by atoms with E-state index >= 15 is 0 Å². The SMILES string of the molecule is CN1CCC(c2cc(NC(=O)c3cnn4cccnc34)n(-c3ccc(C4CC4)cn3)n2)CC1. The number of hydrogen-bond acceptors (Lipinski definition) is 6. The molecule has 1 aliphatic carbocycles. The Morgan fingerprint density at radius 1 is 1.06 bits per heavy atom. The summed E-state index contributed by atoms with van der Waals surface area (Å²) in [5.74, 6) is 2.04. The van der Waals surface area contributed by atoms with Gasteiger partial charge in [-0.1, -0.05) is 6.07 Å². The van der Waals surface area contributed by atoms with Crippen molar-refractivity contribution in [2.45, 2.75) is 37.5 Å². The van der Waals surface area contributed by atoms with Crippen molar-refractivity contribution in [3.8, 4) is 5.82 Å². The second-order valence-electron chi connectivity index (χ2n) is 9.07. The van der Waals surface area contributed by atoms with E-state index in [2.05, 4.69) is 38.4 Å². The van der Waals surface area contributed by atoms with E-state index in [0.29, 0.717) is 34.7 Å². The summed E-state index contributed by atoms with van der Waals surface area (Å²) in [5.41, 5.74) is 3.19. The molecule has 4 aromatic rings. The summed E-state index contributed by atoms with van der Waals surface area (Å²) in [4.78, 5) is 24.5. The predicted octanol–water partition coefficient (Wildman–Crippen LogP) is 3.25. The van der Waals surface area contributed by atoms with Gasteiger partial charge in [0.1, 0.15) is 11.4 Å². The third kappa shape index (κ3) is 3.89. The molecule has 5 heterocycles. The number of piperidine rings is 1. The van der Waals surface area contributed by atoms with Crippen molar-refractivity contribution >= 4 is 17.4 Å². The smallest absolute Gasteiger partial charge is 0.262 e. The molecule has 1 amide bonds. The highest BCUT2D eigenvalue weighted by atomic mass is 16.1. The average molecular weight is 443 g/mol. The van der Waals surface area contributed by atoms with Crippen LogP contribution in [0.5, 0.6) is 0 Å². The van der Waals surface area contributed by atoms with Crippen molar-refractivity contribution in [3.63, 3.8) is 0 Å². The highest BCUT2D eigenvalue weighted by Gasteiger charge is 2.26. The molecule has 0 radical (unpaired) electrons. The molecule has 1 saturated heterocycles. The van der Waals surface area contributed by atoms with E-state index in [0.717, 1.165) is 31.6 Å². The van der Waals surface area contributed by atoms with Crippen LogP contribution in [0.3, 0.4) is 0 Å². The maximum Gasteiger partial charge on any atom is 0.262 e. The first kappa shape index (κ1) is 20.0. The van der Waals surface area contributed by atoms with Crippen LogP contribution in [0.4, 0.5) is 5.82 Å². The number of carbonyl (C=O) groups excluding carboxylic acids is 1. The van der Waals surface area contributed by atoms with Gasteiger partial charge in [-0.15, -0.1) is 0 Å². The topological polar surface area (TPSA) is 93.2 Å². The predicted molar refractivity (Wildman–Crippen MR) is 124 cm³/mol. The number of anilines is 1. The molecule has 4 aromatic heterocycles. The maximum atomic E-state index is 13.2. The summed E-state index contributed by atoms with van der Waals surface area (Å²) in [7, 11) is 2.15. The van der Waals surface area contributed by atoms with Crippen molar-refractivity contribution in [2.75, 3.05) is 25.5 Å². The molecule has 9 heteroatoms. The lowest BCUT2D eigenvalue weighted by Gasteiger charge is -2.27. The lowest BCUT2D eigenvalue weighted by molar-refractivity contribution is 0.102. The van der Waals surface area contributed by atoms with E-state index in [1.165, 1.54) is 18.4 Å². The third-order valence-electron chi connectivity index (χ3n) is 6.67. The number of amides is 1. The van der Waals surface area contributed by atoms with Gasteiger partial charge >= 0.3 is 0 Å². The summed E-state index contributed by atoms with van der Waals surface area (Å²) in [6.07, 6.45) is 11.5. The largest absolute Gasteiger partial charge is 0.306 e. The Kier molecular flexibility index (Phi) is 4.91. The van der Waals surface area contributed by atoms with Gasteiger partial charge in [-0.3, -0.25) is 4.79 Å². The number of likely N-dealkylation sites (tertiary alicyclic amines) is 1. The third-order valence-corrected chi connectivity index (χ3v) is 6.67. The van der Waals surface area contributed by atoms with E-state index in [-0.39, 0.29) is 5.91 Å². The van der Waals surface area contributed by atoms with Gasteiger partial charge in [0.15, 0.2) is 11.5 Å². The Bertz CT molecular complexity index is 1300. The van der Waals surface area contributed by atoms with Crippen LogP contribution in [-0.4, -0.2) is 60.3 Å². The number of fused-ring (bicyclic) bond motifs is 1. The Morgan fingerprint density at radius 2 is 1.91 bits per heavy atom. The minimum absolute atomic E-state index is 0.269. The zero-order valence-corrected chi connectivity index (χ0v) is 18.6. The monoisotopic (exact) mass is 442 g/mol. The Morgan fingerprint density at radius 3 is 2.67 bits per heavy atom. The van der Waals surface area contributed by atoms with Crippen LogP contribution in [0, 0.1) is 0 Å². The number of carbonyl (C=O) groups is 1. The molecule has 33 heavy (non-hydrogen) atoms. The minimum Gasteiger partial charge on any atom is -0.306 e. The summed E-state index contributed by atoms with van der Waals surface area (Å²) in [6.45, 7) is 2.09. The van der Waals surface area contributed by atoms with Gasteiger partial charge in [0, 0.05) is 30.6 Å². The molecule has 2 fully saturated rings. The van der Waals surface area contributed by atoms with Crippen LogP contribution in [0.25, 0.3) is 11.5 Å². The molecule has 2 aliphatic rings. The lowest BCUT2D eigenvalue weighted by atomic mass is 9.94. The normalized spacial score (nSPS) is 17.5. The van der Waals surface area contributed by atoms with Crippen LogP contribution < -0.4 is 5.32 Å². The van der Waals surface area contributed by atoms with Crippen molar-refractivity contribution in [1.29, 1.82) is 0 Å². The number of hydrogen-bond donors (Lipinski definition) is 1. The van der Waals surface area contributed by atoms with Gasteiger partial charge in [0.05, 0.1) is 11.9 Å².